The van der Waals surface area contributed by atoms with E-state index in [1.165, 1.54) is 6.26 Å². The van der Waals surface area contributed by atoms with Crippen LogP contribution in [0.15, 0.2) is 29.1 Å². The molecular formula is C7H5N2O. The number of aromatic amines is 1. The second kappa shape index (κ2) is 2.02. The molecule has 2 aromatic rings. The first kappa shape index (κ1) is 5.29. The molecule has 0 atom stereocenters. The molecule has 2 rings (SSSR count). The minimum Gasteiger partial charge on any atom is -0.364 e. The zero-order valence-electron chi connectivity index (χ0n) is 5.16. The number of H-pyrrole nitrogens is 1. The summed E-state index contributed by atoms with van der Waals surface area (Å²) in [6, 6.07) is 6.54. The molecule has 49 valence electrons. The zero-order valence-corrected chi connectivity index (χ0v) is 5.16. The summed E-state index contributed by atoms with van der Waals surface area (Å²) < 4.78 is 4.65. The monoisotopic (exact) mass is 133 g/mol. The van der Waals surface area contributed by atoms with E-state index in [0.29, 0.717) is 0 Å². The van der Waals surface area contributed by atoms with E-state index in [0.717, 1.165) is 11.4 Å². The van der Waals surface area contributed by atoms with E-state index in [1.54, 1.807) is 18.3 Å². The van der Waals surface area contributed by atoms with Gasteiger partial charge in [-0.1, -0.05) is 5.16 Å². The number of hydrogen-bond acceptors (Lipinski definition) is 2. The highest BCUT2D eigenvalue weighted by Gasteiger charge is 1.98. The predicted octanol–water partition coefficient (Wildman–Crippen LogP) is 1.47. The van der Waals surface area contributed by atoms with Crippen molar-refractivity contribution in [1.82, 2.24) is 10.1 Å². The highest BCUT2D eigenvalue weighted by Crippen LogP contribution is 2.11. The summed E-state index contributed by atoms with van der Waals surface area (Å²) in [5.74, 6) is 0. The Labute approximate surface area is 57.7 Å². The van der Waals surface area contributed by atoms with Gasteiger partial charge in [-0.3, -0.25) is 0 Å². The van der Waals surface area contributed by atoms with Crippen LogP contribution in [-0.2, 0) is 0 Å². The Morgan fingerprint density at radius 1 is 1.60 bits per heavy atom. The van der Waals surface area contributed by atoms with Gasteiger partial charge in [-0.05, 0) is 6.07 Å². The Morgan fingerprint density at radius 2 is 2.60 bits per heavy atom. The van der Waals surface area contributed by atoms with Crippen molar-refractivity contribution in [2.45, 2.75) is 0 Å². The summed E-state index contributed by atoms with van der Waals surface area (Å²) >= 11 is 0. The fraction of sp³-hybridized carbons (Fsp3) is 0. The van der Waals surface area contributed by atoms with E-state index < -0.39 is 0 Å². The molecule has 0 amide bonds. The summed E-state index contributed by atoms with van der Waals surface area (Å²) in [5, 5.41) is 3.72. The summed E-state index contributed by atoms with van der Waals surface area (Å²) in [6.07, 6.45) is 3.33. The maximum Gasteiger partial charge on any atom is 0.130 e. The van der Waals surface area contributed by atoms with Gasteiger partial charge in [-0.25, -0.2) is 0 Å². The largest absolute Gasteiger partial charge is 0.364 e. The molecule has 0 saturated carbocycles. The van der Waals surface area contributed by atoms with Gasteiger partial charge in [-0.2, -0.15) is 0 Å². The Hall–Kier alpha value is -1.51. The van der Waals surface area contributed by atoms with Crippen LogP contribution in [0.4, 0.5) is 0 Å². The molecule has 3 nitrogen and oxygen atoms in total. The standard InChI is InChI=1S/C7H5N2O/c1-2-6(8-4-1)7-3-5-10-9-7/h1,3-5,8H. The third kappa shape index (κ3) is 0.719. The van der Waals surface area contributed by atoms with Crippen LogP contribution in [0.1, 0.15) is 0 Å². The van der Waals surface area contributed by atoms with Gasteiger partial charge in [0.1, 0.15) is 12.0 Å². The molecule has 0 unspecified atom stereocenters. The number of nitrogens with zero attached hydrogens (tertiary/aromatic N) is 1. The quantitative estimate of drug-likeness (QED) is 0.640. The van der Waals surface area contributed by atoms with Crippen LogP contribution in [0.5, 0.6) is 0 Å². The van der Waals surface area contributed by atoms with Crippen LogP contribution < -0.4 is 0 Å². The normalized spacial score (nSPS) is 10.0. The van der Waals surface area contributed by atoms with Crippen LogP contribution in [0.3, 0.4) is 0 Å². The van der Waals surface area contributed by atoms with Gasteiger partial charge in [0.2, 0.25) is 0 Å². The summed E-state index contributed by atoms with van der Waals surface area (Å²) in [7, 11) is 0. The Balaban J connectivity index is 2.48. The van der Waals surface area contributed by atoms with Crippen LogP contribution in [-0.4, -0.2) is 10.1 Å². The van der Waals surface area contributed by atoms with Crippen molar-refractivity contribution in [1.29, 1.82) is 0 Å². The van der Waals surface area contributed by atoms with Crippen molar-refractivity contribution in [3.8, 4) is 11.4 Å². The smallest absolute Gasteiger partial charge is 0.130 e. The average Bonchev–Trinajstić information content (AvgIpc) is 2.59. The molecule has 0 aromatic carbocycles. The Bertz CT molecular complexity index is 251. The molecule has 0 bridgehead atoms. The highest BCUT2D eigenvalue weighted by atomic mass is 16.5. The van der Waals surface area contributed by atoms with Gasteiger partial charge < -0.3 is 9.51 Å². The maximum atomic E-state index is 4.65. The van der Waals surface area contributed by atoms with E-state index in [1.807, 2.05) is 0 Å². The summed E-state index contributed by atoms with van der Waals surface area (Å²) in [6.45, 7) is 0. The highest BCUT2D eigenvalue weighted by molar-refractivity contribution is 5.51. The molecule has 0 aliphatic rings. The Morgan fingerprint density at radius 3 is 3.20 bits per heavy atom. The molecule has 1 radical (unpaired) electrons. The van der Waals surface area contributed by atoms with Crippen molar-refractivity contribution < 1.29 is 4.52 Å². The van der Waals surface area contributed by atoms with Crippen molar-refractivity contribution in [2.75, 3.05) is 0 Å². The molecule has 2 aromatic heterocycles. The van der Waals surface area contributed by atoms with Crippen molar-refractivity contribution in [3.05, 3.63) is 30.7 Å². The lowest BCUT2D eigenvalue weighted by Gasteiger charge is -1.83. The van der Waals surface area contributed by atoms with E-state index >= 15 is 0 Å². The molecule has 2 heterocycles. The minimum absolute atomic E-state index is 0.782. The molecule has 0 aliphatic carbocycles. The second-order valence-electron chi connectivity index (χ2n) is 1.88. The van der Waals surface area contributed by atoms with Gasteiger partial charge in [0.05, 0.1) is 5.69 Å². The number of hydrogen-bond donors (Lipinski definition) is 1. The van der Waals surface area contributed by atoms with Crippen molar-refractivity contribution in [2.24, 2.45) is 0 Å². The lowest BCUT2D eigenvalue weighted by molar-refractivity contribution is 0.422. The van der Waals surface area contributed by atoms with Crippen LogP contribution in [0, 0.1) is 6.07 Å². The summed E-state index contributed by atoms with van der Waals surface area (Å²) in [5.41, 5.74) is 1.64. The third-order valence-electron chi connectivity index (χ3n) is 1.23. The third-order valence-corrected chi connectivity index (χ3v) is 1.23. The lowest BCUT2D eigenvalue weighted by Crippen LogP contribution is -1.73. The van der Waals surface area contributed by atoms with Gasteiger partial charge in [0.25, 0.3) is 0 Å². The van der Waals surface area contributed by atoms with Gasteiger partial charge in [0, 0.05) is 18.3 Å². The second-order valence-corrected chi connectivity index (χ2v) is 1.88. The average molecular weight is 133 g/mol. The fourth-order valence-corrected chi connectivity index (χ4v) is 0.781. The van der Waals surface area contributed by atoms with Crippen molar-refractivity contribution in [3.63, 3.8) is 0 Å². The SMILES string of the molecule is [c]1cc[nH]c1-c1ccon1. The Kier molecular flexibility index (Phi) is 1.07. The maximum absolute atomic E-state index is 4.65. The molecule has 0 spiro atoms. The molecule has 10 heavy (non-hydrogen) atoms. The van der Waals surface area contributed by atoms with Crippen LogP contribution in [0.2, 0.25) is 0 Å². The molecule has 0 saturated heterocycles. The van der Waals surface area contributed by atoms with E-state index in [-0.39, 0.29) is 0 Å². The molecular weight excluding hydrogens is 128 g/mol. The predicted molar refractivity (Wildman–Crippen MR) is 35.1 cm³/mol. The van der Waals surface area contributed by atoms with E-state index in [9.17, 15) is 0 Å². The molecule has 0 fully saturated rings. The lowest BCUT2D eigenvalue weighted by atomic mass is 10.3. The molecule has 1 N–H and O–H groups in total. The number of rotatable bonds is 1. The first-order valence-electron chi connectivity index (χ1n) is 2.92. The molecule has 0 aliphatic heterocycles. The van der Waals surface area contributed by atoms with E-state index in [2.05, 4.69) is 20.7 Å². The zero-order chi connectivity index (χ0) is 6.81. The summed E-state index contributed by atoms with van der Waals surface area (Å²) in [4.78, 5) is 2.96. The van der Waals surface area contributed by atoms with Gasteiger partial charge in [-0.15, -0.1) is 0 Å². The molecule has 3 heteroatoms. The van der Waals surface area contributed by atoms with Crippen molar-refractivity contribution >= 4 is 0 Å². The first-order chi connectivity index (χ1) is 4.97. The minimum atomic E-state index is 0.782. The van der Waals surface area contributed by atoms with E-state index in [4.69, 9.17) is 0 Å². The first-order valence-corrected chi connectivity index (χ1v) is 2.92. The number of aromatic nitrogens is 2. The fourth-order valence-electron chi connectivity index (χ4n) is 0.781. The number of nitrogens with one attached hydrogen (secondary N) is 1. The topological polar surface area (TPSA) is 41.8 Å². The van der Waals surface area contributed by atoms with Gasteiger partial charge in [0.15, 0.2) is 0 Å². The van der Waals surface area contributed by atoms with Crippen LogP contribution in [0.25, 0.3) is 11.4 Å². The van der Waals surface area contributed by atoms with Gasteiger partial charge >= 0.3 is 0 Å². The van der Waals surface area contributed by atoms with Crippen LogP contribution >= 0.6 is 0 Å².